The van der Waals surface area contributed by atoms with Crippen LogP contribution in [0.5, 0.6) is 0 Å². The van der Waals surface area contributed by atoms with Gasteiger partial charge in [-0.05, 0) is 61.8 Å². The number of nitrogens with zero attached hydrogens (tertiary/aromatic N) is 1. The first-order valence-corrected chi connectivity index (χ1v) is 7.09. The van der Waals surface area contributed by atoms with Gasteiger partial charge in [0.2, 0.25) is 0 Å². The monoisotopic (exact) mass is 270 g/mol. The van der Waals surface area contributed by atoms with E-state index in [-0.39, 0.29) is 18.1 Å². The molecule has 1 aromatic carbocycles. The molecule has 3 rings (SSSR count). The molecule has 2 N–H and O–H groups in total. The zero-order valence-electron chi connectivity index (χ0n) is 11.4. The van der Waals surface area contributed by atoms with Crippen LogP contribution >= 0.6 is 0 Å². The summed E-state index contributed by atoms with van der Waals surface area (Å²) in [5.41, 5.74) is 1.14. The number of benzene rings is 1. The minimum absolute atomic E-state index is 0.0903. The van der Waals surface area contributed by atoms with Gasteiger partial charge in [-0.15, -0.1) is 0 Å². The van der Waals surface area contributed by atoms with Gasteiger partial charge >= 0.3 is 0 Å². The third kappa shape index (κ3) is 2.30. The lowest BCUT2D eigenvalue weighted by Crippen LogP contribution is -2.35. The number of nitrogens with one attached hydrogen (secondary N) is 1. The molecule has 0 unspecified atom stereocenters. The Labute approximate surface area is 118 Å². The van der Waals surface area contributed by atoms with Crippen LogP contribution in [-0.2, 0) is 0 Å². The van der Waals surface area contributed by atoms with Crippen LogP contribution in [0.2, 0.25) is 0 Å². The van der Waals surface area contributed by atoms with Crippen LogP contribution < -0.4 is 5.32 Å². The SMILES string of the molecule is C[C@@H](NC(=O)c1ccc(C#N)cc1)C1[C@@H]2CC(O)C[C@@H]12. The molecule has 0 heterocycles. The van der Waals surface area contributed by atoms with Gasteiger partial charge in [-0.1, -0.05) is 0 Å². The van der Waals surface area contributed by atoms with E-state index in [4.69, 9.17) is 5.26 Å². The third-order valence-corrected chi connectivity index (χ3v) is 4.70. The van der Waals surface area contributed by atoms with Gasteiger partial charge in [0.1, 0.15) is 0 Å². The Kier molecular flexibility index (Phi) is 3.23. The smallest absolute Gasteiger partial charge is 0.251 e. The maximum Gasteiger partial charge on any atom is 0.251 e. The number of carbonyl (C=O) groups excluding carboxylic acids is 1. The summed E-state index contributed by atoms with van der Waals surface area (Å²) >= 11 is 0. The number of aliphatic hydroxyl groups is 1. The van der Waals surface area contributed by atoms with E-state index >= 15 is 0 Å². The van der Waals surface area contributed by atoms with Gasteiger partial charge < -0.3 is 10.4 Å². The molecule has 0 saturated heterocycles. The molecule has 4 heteroatoms. The zero-order valence-corrected chi connectivity index (χ0v) is 11.4. The summed E-state index contributed by atoms with van der Waals surface area (Å²) in [6.45, 7) is 2.04. The third-order valence-electron chi connectivity index (χ3n) is 4.70. The molecule has 104 valence electrons. The van der Waals surface area contributed by atoms with Crippen molar-refractivity contribution in [3.8, 4) is 6.07 Å². The fraction of sp³-hybridized carbons (Fsp3) is 0.500. The predicted molar refractivity (Wildman–Crippen MR) is 73.8 cm³/mol. The highest BCUT2D eigenvalue weighted by Crippen LogP contribution is 2.58. The summed E-state index contributed by atoms with van der Waals surface area (Å²) in [5, 5.41) is 21.3. The molecule has 3 atom stereocenters. The number of hydrogen-bond acceptors (Lipinski definition) is 3. The summed E-state index contributed by atoms with van der Waals surface area (Å²) in [4.78, 5) is 12.1. The first-order chi connectivity index (χ1) is 9.60. The maximum absolute atomic E-state index is 12.1. The Morgan fingerprint density at radius 2 is 1.95 bits per heavy atom. The van der Waals surface area contributed by atoms with Crippen molar-refractivity contribution in [3.05, 3.63) is 35.4 Å². The molecule has 20 heavy (non-hydrogen) atoms. The Morgan fingerprint density at radius 1 is 1.35 bits per heavy atom. The van der Waals surface area contributed by atoms with Crippen molar-refractivity contribution in [2.24, 2.45) is 17.8 Å². The van der Waals surface area contributed by atoms with Gasteiger partial charge in [0.25, 0.3) is 5.91 Å². The number of rotatable bonds is 3. The maximum atomic E-state index is 12.1. The molecular formula is C16H18N2O2. The number of nitriles is 1. The van der Waals surface area contributed by atoms with E-state index in [0.717, 1.165) is 12.8 Å². The highest BCUT2D eigenvalue weighted by atomic mass is 16.3. The van der Waals surface area contributed by atoms with Crippen molar-refractivity contribution in [3.63, 3.8) is 0 Å². The number of amides is 1. The van der Waals surface area contributed by atoms with Crippen LogP contribution in [0.25, 0.3) is 0 Å². The Hall–Kier alpha value is -1.86. The molecule has 1 amide bonds. The van der Waals surface area contributed by atoms with Gasteiger partial charge in [-0.25, -0.2) is 0 Å². The van der Waals surface area contributed by atoms with Crippen molar-refractivity contribution in [2.45, 2.75) is 31.9 Å². The van der Waals surface area contributed by atoms with E-state index in [9.17, 15) is 9.90 Å². The number of carbonyl (C=O) groups is 1. The largest absolute Gasteiger partial charge is 0.393 e. The topological polar surface area (TPSA) is 73.1 Å². The van der Waals surface area contributed by atoms with E-state index in [0.29, 0.717) is 28.9 Å². The van der Waals surface area contributed by atoms with E-state index in [1.54, 1.807) is 24.3 Å². The van der Waals surface area contributed by atoms with Crippen LogP contribution in [0.3, 0.4) is 0 Å². The quantitative estimate of drug-likeness (QED) is 0.878. The lowest BCUT2D eigenvalue weighted by Gasteiger charge is -2.17. The molecule has 0 spiro atoms. The zero-order chi connectivity index (χ0) is 14.3. The van der Waals surface area contributed by atoms with Crippen LogP contribution in [0.4, 0.5) is 0 Å². The predicted octanol–water partition coefficient (Wildman–Crippen LogP) is 1.69. The minimum atomic E-state index is -0.136. The molecule has 0 bridgehead atoms. The second-order valence-corrected chi connectivity index (χ2v) is 5.98. The summed E-state index contributed by atoms with van der Waals surface area (Å²) in [7, 11) is 0. The molecule has 2 fully saturated rings. The molecule has 0 radical (unpaired) electrons. The van der Waals surface area contributed by atoms with Crippen LogP contribution in [0.15, 0.2) is 24.3 Å². The van der Waals surface area contributed by atoms with Gasteiger partial charge in [-0.3, -0.25) is 4.79 Å². The summed E-state index contributed by atoms with van der Waals surface area (Å²) < 4.78 is 0. The molecular weight excluding hydrogens is 252 g/mol. The average Bonchev–Trinajstić information content (AvgIpc) is 2.97. The summed E-state index contributed by atoms with van der Waals surface area (Å²) in [6, 6.07) is 8.84. The number of aliphatic hydroxyl groups excluding tert-OH is 1. The van der Waals surface area contributed by atoms with Gasteiger partial charge in [0, 0.05) is 11.6 Å². The van der Waals surface area contributed by atoms with E-state index in [2.05, 4.69) is 5.32 Å². The molecule has 1 aromatic rings. The van der Waals surface area contributed by atoms with Gasteiger partial charge in [0.05, 0.1) is 17.7 Å². The van der Waals surface area contributed by atoms with Crippen molar-refractivity contribution >= 4 is 5.91 Å². The Bertz CT molecular complexity index is 549. The lowest BCUT2D eigenvalue weighted by molar-refractivity contribution is 0.0929. The molecule has 0 aliphatic heterocycles. The second kappa shape index (κ2) is 4.92. The van der Waals surface area contributed by atoms with Crippen molar-refractivity contribution in [1.82, 2.24) is 5.32 Å². The molecule has 0 aromatic heterocycles. The Morgan fingerprint density at radius 3 is 2.50 bits per heavy atom. The lowest BCUT2D eigenvalue weighted by atomic mass is 10.0. The van der Waals surface area contributed by atoms with Crippen molar-refractivity contribution in [2.75, 3.05) is 0 Å². The normalized spacial score (nSPS) is 29.4. The van der Waals surface area contributed by atoms with Crippen LogP contribution in [-0.4, -0.2) is 23.2 Å². The van der Waals surface area contributed by atoms with Gasteiger partial charge in [-0.2, -0.15) is 5.26 Å². The number of hydrogen-bond donors (Lipinski definition) is 2. The van der Waals surface area contributed by atoms with E-state index < -0.39 is 0 Å². The first kappa shape index (κ1) is 13.1. The molecule has 2 aliphatic rings. The van der Waals surface area contributed by atoms with E-state index in [1.165, 1.54) is 0 Å². The molecule has 2 saturated carbocycles. The highest BCUT2D eigenvalue weighted by molar-refractivity contribution is 5.94. The highest BCUT2D eigenvalue weighted by Gasteiger charge is 2.57. The molecule has 2 aliphatic carbocycles. The standard InChI is InChI=1S/C16H18N2O2/c1-9(15-13-6-12(19)7-14(13)15)18-16(20)11-4-2-10(8-17)3-5-11/h2-5,9,12-15,19H,6-7H2,1H3,(H,18,20)/t9-,12?,13-,14-,15?/m1/s1. The van der Waals surface area contributed by atoms with Crippen LogP contribution in [0.1, 0.15) is 35.7 Å². The average molecular weight is 270 g/mol. The fourth-order valence-electron chi connectivity index (χ4n) is 3.69. The van der Waals surface area contributed by atoms with Crippen LogP contribution in [0, 0.1) is 29.1 Å². The first-order valence-electron chi connectivity index (χ1n) is 7.09. The summed E-state index contributed by atoms with van der Waals surface area (Å²) in [5.74, 6) is 1.59. The Balaban J connectivity index is 1.58. The molecule has 4 nitrogen and oxygen atoms in total. The second-order valence-electron chi connectivity index (χ2n) is 5.98. The minimum Gasteiger partial charge on any atom is -0.393 e. The van der Waals surface area contributed by atoms with Crippen molar-refractivity contribution < 1.29 is 9.90 Å². The summed E-state index contributed by atoms with van der Waals surface area (Å²) in [6.07, 6.45) is 1.63. The van der Waals surface area contributed by atoms with Gasteiger partial charge in [0.15, 0.2) is 0 Å². The number of fused-ring (bicyclic) bond motifs is 1. The fourth-order valence-corrected chi connectivity index (χ4v) is 3.69. The van der Waals surface area contributed by atoms with Crippen molar-refractivity contribution in [1.29, 1.82) is 5.26 Å². The van der Waals surface area contributed by atoms with E-state index in [1.807, 2.05) is 13.0 Å².